The zero-order valence-electron chi connectivity index (χ0n) is 11.3. The molecule has 3 nitrogen and oxygen atoms in total. The van der Waals surface area contributed by atoms with E-state index < -0.39 is 11.6 Å². The van der Waals surface area contributed by atoms with E-state index in [9.17, 15) is 14.7 Å². The van der Waals surface area contributed by atoms with E-state index in [1.807, 2.05) is 26.8 Å². The highest BCUT2D eigenvalue weighted by atomic mass is 16.3. The summed E-state index contributed by atoms with van der Waals surface area (Å²) in [6, 6.07) is 5.09. The Hall–Kier alpha value is -2.16. The number of rotatable bonds is 2. The lowest BCUT2D eigenvalue weighted by Gasteiger charge is -2.17. The summed E-state index contributed by atoms with van der Waals surface area (Å²) in [4.78, 5) is 24.0. The Kier molecular flexibility index (Phi) is 3.38. The van der Waals surface area contributed by atoms with E-state index in [0.717, 1.165) is 11.1 Å². The van der Waals surface area contributed by atoms with Crippen LogP contribution in [0.4, 0.5) is 0 Å². The maximum Gasteiger partial charge on any atom is 0.234 e. The van der Waals surface area contributed by atoms with Crippen molar-refractivity contribution in [1.82, 2.24) is 0 Å². The number of Topliss-reactive ketones (excluding diaryl/α,β-unsaturated/α-hetero) is 2. The fraction of sp³-hybridized carbons (Fsp3) is 0.250. The van der Waals surface area contributed by atoms with Crippen LogP contribution in [0.25, 0.3) is 5.76 Å². The maximum atomic E-state index is 12.0. The minimum Gasteiger partial charge on any atom is -0.507 e. The van der Waals surface area contributed by atoms with Crippen molar-refractivity contribution in [2.45, 2.75) is 27.2 Å². The number of allylic oxidation sites excluding steroid dienone is 3. The first-order valence-electron chi connectivity index (χ1n) is 6.17. The van der Waals surface area contributed by atoms with E-state index in [2.05, 4.69) is 0 Å². The third kappa shape index (κ3) is 2.36. The molecule has 0 atom stereocenters. The first-order valence-corrected chi connectivity index (χ1v) is 6.17. The molecule has 1 N–H and O–H groups in total. The van der Waals surface area contributed by atoms with Gasteiger partial charge in [0.1, 0.15) is 5.76 Å². The van der Waals surface area contributed by atoms with Crippen molar-refractivity contribution in [2.75, 3.05) is 0 Å². The van der Waals surface area contributed by atoms with E-state index in [1.54, 1.807) is 18.2 Å². The smallest absolute Gasteiger partial charge is 0.234 e. The molecule has 2 rings (SSSR count). The predicted octanol–water partition coefficient (Wildman–Crippen LogP) is 3.39. The van der Waals surface area contributed by atoms with E-state index in [1.165, 1.54) is 0 Å². The molecule has 0 aliphatic heterocycles. The number of aliphatic hydroxyl groups is 1. The Morgan fingerprint density at radius 2 is 1.84 bits per heavy atom. The topological polar surface area (TPSA) is 54.4 Å². The largest absolute Gasteiger partial charge is 0.507 e. The average molecular weight is 256 g/mol. The van der Waals surface area contributed by atoms with Crippen LogP contribution < -0.4 is 0 Å². The Morgan fingerprint density at radius 1 is 1.16 bits per heavy atom. The van der Waals surface area contributed by atoms with Crippen molar-refractivity contribution < 1.29 is 14.7 Å². The van der Waals surface area contributed by atoms with Crippen LogP contribution in [0.2, 0.25) is 0 Å². The van der Waals surface area contributed by atoms with Gasteiger partial charge in [0.05, 0.1) is 0 Å². The molecule has 0 amide bonds. The van der Waals surface area contributed by atoms with Gasteiger partial charge in [-0.1, -0.05) is 23.3 Å². The van der Waals surface area contributed by atoms with E-state index in [0.29, 0.717) is 5.56 Å². The van der Waals surface area contributed by atoms with E-state index in [4.69, 9.17) is 0 Å². The Balaban J connectivity index is 2.59. The molecule has 0 fully saturated rings. The van der Waals surface area contributed by atoms with Crippen LogP contribution in [0.5, 0.6) is 0 Å². The lowest BCUT2D eigenvalue weighted by molar-refractivity contribution is -0.112. The van der Waals surface area contributed by atoms with Gasteiger partial charge in [0, 0.05) is 16.7 Å². The highest BCUT2D eigenvalue weighted by Gasteiger charge is 2.31. The van der Waals surface area contributed by atoms with Crippen molar-refractivity contribution in [3.8, 4) is 0 Å². The molecule has 0 radical (unpaired) electrons. The maximum absolute atomic E-state index is 12.0. The SMILES string of the molecule is CC(C)=CCC1=C(O)c2cc(C)ccc2C(=O)C1=O. The molecule has 0 saturated heterocycles. The summed E-state index contributed by atoms with van der Waals surface area (Å²) >= 11 is 0. The van der Waals surface area contributed by atoms with Gasteiger partial charge in [-0.2, -0.15) is 0 Å². The number of fused-ring (bicyclic) bond motifs is 1. The van der Waals surface area contributed by atoms with Crippen LogP contribution in [0.3, 0.4) is 0 Å². The Bertz CT molecular complexity index is 629. The summed E-state index contributed by atoms with van der Waals surface area (Å²) < 4.78 is 0. The standard InChI is InChI=1S/C16H16O3/c1-9(2)4-6-12-14(17)13-8-10(3)5-7-11(13)15(18)16(12)19/h4-5,7-8,17H,6H2,1-3H3. The van der Waals surface area contributed by atoms with Gasteiger partial charge in [-0.05, 0) is 39.3 Å². The molecule has 0 unspecified atom stereocenters. The molecular weight excluding hydrogens is 240 g/mol. The van der Waals surface area contributed by atoms with Crippen LogP contribution in [0, 0.1) is 6.92 Å². The molecule has 3 heteroatoms. The highest BCUT2D eigenvalue weighted by molar-refractivity contribution is 6.52. The fourth-order valence-electron chi connectivity index (χ4n) is 2.08. The van der Waals surface area contributed by atoms with Gasteiger partial charge in [0.15, 0.2) is 0 Å². The predicted molar refractivity (Wildman–Crippen MR) is 74.1 cm³/mol. The molecule has 0 heterocycles. The molecule has 1 aromatic carbocycles. The van der Waals surface area contributed by atoms with Gasteiger partial charge in [-0.15, -0.1) is 0 Å². The van der Waals surface area contributed by atoms with Gasteiger partial charge < -0.3 is 5.11 Å². The minimum atomic E-state index is -0.605. The van der Waals surface area contributed by atoms with Crippen LogP contribution in [-0.4, -0.2) is 16.7 Å². The van der Waals surface area contributed by atoms with E-state index >= 15 is 0 Å². The number of carbonyl (C=O) groups is 2. The third-order valence-electron chi connectivity index (χ3n) is 3.16. The molecule has 0 bridgehead atoms. The summed E-state index contributed by atoms with van der Waals surface area (Å²) in [5, 5.41) is 10.2. The number of hydrogen-bond acceptors (Lipinski definition) is 3. The van der Waals surface area contributed by atoms with Crippen molar-refractivity contribution in [3.63, 3.8) is 0 Å². The second-order valence-corrected chi connectivity index (χ2v) is 5.02. The summed E-state index contributed by atoms with van der Waals surface area (Å²) in [6.45, 7) is 5.69. The zero-order chi connectivity index (χ0) is 14.2. The molecule has 19 heavy (non-hydrogen) atoms. The normalized spacial score (nSPS) is 14.5. The number of aliphatic hydroxyl groups excluding tert-OH is 1. The summed E-state index contributed by atoms with van der Waals surface area (Å²) in [7, 11) is 0. The summed E-state index contributed by atoms with van der Waals surface area (Å²) in [5.41, 5.74) is 2.91. The summed E-state index contributed by atoms with van der Waals surface area (Å²) in [5.74, 6) is -1.21. The van der Waals surface area contributed by atoms with Crippen molar-refractivity contribution in [1.29, 1.82) is 0 Å². The van der Waals surface area contributed by atoms with Crippen molar-refractivity contribution in [3.05, 3.63) is 52.1 Å². The number of carbonyl (C=O) groups excluding carboxylic acids is 2. The first-order chi connectivity index (χ1) is 8.91. The van der Waals surface area contributed by atoms with Crippen LogP contribution in [0.1, 0.15) is 41.8 Å². The minimum absolute atomic E-state index is 0.0687. The lowest BCUT2D eigenvalue weighted by Crippen LogP contribution is -2.24. The number of hydrogen-bond donors (Lipinski definition) is 1. The number of aryl methyl sites for hydroxylation is 1. The highest BCUT2D eigenvalue weighted by Crippen LogP contribution is 2.30. The quantitative estimate of drug-likeness (QED) is 0.652. The number of ketones is 2. The second-order valence-electron chi connectivity index (χ2n) is 5.02. The average Bonchev–Trinajstić information content (AvgIpc) is 2.35. The lowest BCUT2D eigenvalue weighted by atomic mass is 9.86. The van der Waals surface area contributed by atoms with Gasteiger partial charge in [-0.25, -0.2) is 0 Å². The van der Waals surface area contributed by atoms with Gasteiger partial charge in [0.25, 0.3) is 0 Å². The molecule has 1 aliphatic carbocycles. The fourth-order valence-corrected chi connectivity index (χ4v) is 2.08. The number of benzene rings is 1. The first kappa shape index (κ1) is 13.3. The molecule has 1 aliphatic rings. The molecule has 98 valence electrons. The van der Waals surface area contributed by atoms with Crippen LogP contribution in [-0.2, 0) is 4.79 Å². The molecule has 0 spiro atoms. The molecule has 1 aromatic rings. The molecule has 0 aromatic heterocycles. The third-order valence-corrected chi connectivity index (χ3v) is 3.16. The van der Waals surface area contributed by atoms with E-state index in [-0.39, 0.29) is 23.3 Å². The Morgan fingerprint density at radius 3 is 2.47 bits per heavy atom. The second kappa shape index (κ2) is 4.84. The van der Waals surface area contributed by atoms with Crippen molar-refractivity contribution >= 4 is 17.3 Å². The van der Waals surface area contributed by atoms with Crippen LogP contribution in [0.15, 0.2) is 35.4 Å². The molecular formula is C16H16O3. The Labute approximate surface area is 112 Å². The molecule has 0 saturated carbocycles. The van der Waals surface area contributed by atoms with Gasteiger partial charge in [-0.3, -0.25) is 9.59 Å². The van der Waals surface area contributed by atoms with Gasteiger partial charge >= 0.3 is 0 Å². The van der Waals surface area contributed by atoms with Crippen LogP contribution >= 0.6 is 0 Å². The summed E-state index contributed by atoms with van der Waals surface area (Å²) in [6.07, 6.45) is 2.11. The zero-order valence-corrected chi connectivity index (χ0v) is 11.3. The van der Waals surface area contributed by atoms with Gasteiger partial charge in [0.2, 0.25) is 11.6 Å². The van der Waals surface area contributed by atoms with Crippen molar-refractivity contribution in [2.24, 2.45) is 0 Å². The monoisotopic (exact) mass is 256 g/mol.